The normalized spacial score (nSPS) is 14.8. The standard InChI is InChI=1S/C26H20Cl2FN5OS/c1-15-22(24(35)31-18-12-10-17(27)11-13-18)23(19-7-3-5-9-21(19)29)34-25(30-15)32-26(33-34)36-14-16-6-2-4-8-20(16)28/h2-13,23H,14H2,1H3,(H,31,35)(H,30,32,33). The molecule has 0 fully saturated rings. The van der Waals surface area contributed by atoms with Crippen LogP contribution >= 0.6 is 35.0 Å². The summed E-state index contributed by atoms with van der Waals surface area (Å²) in [5.41, 5.74) is 2.71. The molecule has 0 spiro atoms. The number of fused-ring (bicyclic) bond motifs is 1. The second kappa shape index (κ2) is 10.3. The molecule has 10 heteroatoms. The summed E-state index contributed by atoms with van der Waals surface area (Å²) < 4.78 is 16.6. The summed E-state index contributed by atoms with van der Waals surface area (Å²) in [6, 6.07) is 19.9. The first-order chi connectivity index (χ1) is 17.4. The molecule has 0 bridgehead atoms. The third-order valence-electron chi connectivity index (χ3n) is 5.69. The Morgan fingerprint density at radius 3 is 2.56 bits per heavy atom. The number of hydrogen-bond donors (Lipinski definition) is 2. The molecule has 3 aromatic carbocycles. The van der Waals surface area contributed by atoms with E-state index in [9.17, 15) is 4.79 Å². The number of benzene rings is 3. The summed E-state index contributed by atoms with van der Waals surface area (Å²) >= 11 is 13.7. The van der Waals surface area contributed by atoms with E-state index >= 15 is 4.39 Å². The zero-order valence-corrected chi connectivity index (χ0v) is 21.3. The van der Waals surface area contributed by atoms with Gasteiger partial charge in [-0.2, -0.15) is 4.98 Å². The Morgan fingerprint density at radius 1 is 1.08 bits per heavy atom. The Hall–Kier alpha value is -3.33. The predicted molar refractivity (Wildman–Crippen MR) is 142 cm³/mol. The van der Waals surface area contributed by atoms with Crippen LogP contribution in [0.3, 0.4) is 0 Å². The summed E-state index contributed by atoms with van der Waals surface area (Å²) in [4.78, 5) is 18.1. The quantitative estimate of drug-likeness (QED) is 0.259. The summed E-state index contributed by atoms with van der Waals surface area (Å²) in [5.74, 6) is 0.150. The van der Waals surface area contributed by atoms with Crippen LogP contribution in [0.25, 0.3) is 0 Å². The van der Waals surface area contributed by atoms with Crippen molar-refractivity contribution < 1.29 is 9.18 Å². The number of anilines is 2. The number of hydrogen-bond acceptors (Lipinski definition) is 5. The van der Waals surface area contributed by atoms with E-state index < -0.39 is 11.9 Å². The fourth-order valence-corrected chi connectivity index (χ4v) is 5.20. The Labute approximate surface area is 221 Å². The third-order valence-corrected chi connectivity index (χ3v) is 7.20. The van der Waals surface area contributed by atoms with Crippen LogP contribution in [0.15, 0.2) is 89.2 Å². The molecule has 1 unspecified atom stereocenters. The number of allylic oxidation sites excluding steroid dienone is 1. The van der Waals surface area contributed by atoms with Crippen LogP contribution in [0, 0.1) is 5.82 Å². The number of nitrogens with one attached hydrogen (secondary N) is 2. The first-order valence-corrected chi connectivity index (χ1v) is 12.8. The second-order valence-corrected chi connectivity index (χ2v) is 9.88. The van der Waals surface area contributed by atoms with Crippen molar-refractivity contribution >= 4 is 52.5 Å². The van der Waals surface area contributed by atoms with Crippen LogP contribution in [0.4, 0.5) is 16.0 Å². The molecule has 6 nitrogen and oxygen atoms in total. The van der Waals surface area contributed by atoms with E-state index in [1.54, 1.807) is 54.1 Å². The van der Waals surface area contributed by atoms with Crippen LogP contribution in [-0.4, -0.2) is 20.7 Å². The number of thioether (sulfide) groups is 1. The van der Waals surface area contributed by atoms with E-state index in [1.807, 2.05) is 24.3 Å². The van der Waals surface area contributed by atoms with Crippen molar-refractivity contribution in [3.63, 3.8) is 0 Å². The number of carbonyl (C=O) groups excluding carboxylic acids is 1. The van der Waals surface area contributed by atoms with Crippen LogP contribution in [0.2, 0.25) is 10.0 Å². The van der Waals surface area contributed by atoms with Gasteiger partial charge in [0.2, 0.25) is 11.1 Å². The Balaban J connectivity index is 1.50. The van der Waals surface area contributed by atoms with E-state index in [0.29, 0.717) is 49.4 Å². The highest BCUT2D eigenvalue weighted by Crippen LogP contribution is 2.38. The van der Waals surface area contributed by atoms with Crippen molar-refractivity contribution in [1.82, 2.24) is 14.8 Å². The zero-order chi connectivity index (χ0) is 25.2. The predicted octanol–water partition coefficient (Wildman–Crippen LogP) is 6.94. The fraction of sp³-hybridized carbons (Fsp3) is 0.115. The molecular weight excluding hydrogens is 520 g/mol. The van der Waals surface area contributed by atoms with E-state index in [4.69, 9.17) is 23.2 Å². The lowest BCUT2D eigenvalue weighted by molar-refractivity contribution is -0.113. The number of halogens is 3. The van der Waals surface area contributed by atoms with Crippen molar-refractivity contribution in [2.24, 2.45) is 0 Å². The molecule has 5 rings (SSSR count). The first kappa shape index (κ1) is 24.4. The van der Waals surface area contributed by atoms with Gasteiger partial charge in [0.15, 0.2) is 0 Å². The van der Waals surface area contributed by atoms with Crippen molar-refractivity contribution in [2.75, 3.05) is 10.6 Å². The summed E-state index contributed by atoms with van der Waals surface area (Å²) in [6.45, 7) is 1.76. The lowest BCUT2D eigenvalue weighted by Crippen LogP contribution is -2.32. The van der Waals surface area contributed by atoms with Crippen LogP contribution < -0.4 is 10.6 Å². The van der Waals surface area contributed by atoms with Gasteiger partial charge < -0.3 is 10.6 Å². The molecule has 0 saturated carbocycles. The van der Waals surface area contributed by atoms with Crippen molar-refractivity contribution in [3.05, 3.63) is 111 Å². The molecule has 0 aliphatic carbocycles. The van der Waals surface area contributed by atoms with E-state index in [2.05, 4.69) is 20.7 Å². The number of aromatic nitrogens is 3. The highest BCUT2D eigenvalue weighted by Gasteiger charge is 2.35. The molecule has 1 atom stereocenters. The molecule has 2 heterocycles. The largest absolute Gasteiger partial charge is 0.328 e. The smallest absolute Gasteiger partial charge is 0.255 e. The molecule has 2 N–H and O–H groups in total. The average Bonchev–Trinajstić information content (AvgIpc) is 3.27. The molecule has 36 heavy (non-hydrogen) atoms. The van der Waals surface area contributed by atoms with Gasteiger partial charge in [-0.05, 0) is 48.9 Å². The Bertz CT molecular complexity index is 1470. The monoisotopic (exact) mass is 539 g/mol. The lowest BCUT2D eigenvalue weighted by Gasteiger charge is -2.28. The van der Waals surface area contributed by atoms with E-state index in [1.165, 1.54) is 17.8 Å². The minimum absolute atomic E-state index is 0.313. The number of nitrogens with zero attached hydrogens (tertiary/aromatic N) is 3. The van der Waals surface area contributed by atoms with Gasteiger partial charge >= 0.3 is 0 Å². The van der Waals surface area contributed by atoms with Crippen molar-refractivity contribution in [3.8, 4) is 0 Å². The third kappa shape index (κ3) is 4.97. The molecule has 1 amide bonds. The van der Waals surface area contributed by atoms with Crippen LogP contribution in [0.5, 0.6) is 0 Å². The average molecular weight is 540 g/mol. The van der Waals surface area contributed by atoms with Crippen molar-refractivity contribution in [2.45, 2.75) is 23.9 Å². The number of rotatable bonds is 6. The van der Waals surface area contributed by atoms with Gasteiger partial charge in [0.1, 0.15) is 11.9 Å². The number of carbonyl (C=O) groups is 1. The maximum absolute atomic E-state index is 15.1. The van der Waals surface area contributed by atoms with Crippen molar-refractivity contribution in [1.29, 1.82) is 0 Å². The van der Waals surface area contributed by atoms with Crippen LogP contribution in [-0.2, 0) is 10.5 Å². The molecule has 0 radical (unpaired) electrons. The maximum Gasteiger partial charge on any atom is 0.255 e. The van der Waals surface area contributed by atoms with Gasteiger partial charge in [0.05, 0.1) is 5.57 Å². The Morgan fingerprint density at radius 2 is 1.81 bits per heavy atom. The summed E-state index contributed by atoms with van der Waals surface area (Å²) in [7, 11) is 0. The maximum atomic E-state index is 15.1. The van der Waals surface area contributed by atoms with E-state index in [-0.39, 0.29) is 5.91 Å². The zero-order valence-electron chi connectivity index (χ0n) is 19.0. The fourth-order valence-electron chi connectivity index (χ4n) is 3.96. The van der Waals surface area contributed by atoms with Gasteiger partial charge in [-0.3, -0.25) is 4.79 Å². The second-order valence-electron chi connectivity index (χ2n) is 8.09. The minimum Gasteiger partial charge on any atom is -0.328 e. The van der Waals surface area contributed by atoms with Gasteiger partial charge in [-0.25, -0.2) is 9.07 Å². The topological polar surface area (TPSA) is 71.8 Å². The molecule has 1 aliphatic heterocycles. The molecular formula is C26H20Cl2FN5OS. The molecule has 0 saturated heterocycles. The van der Waals surface area contributed by atoms with Gasteiger partial charge in [-0.15, -0.1) is 5.10 Å². The highest BCUT2D eigenvalue weighted by atomic mass is 35.5. The van der Waals surface area contributed by atoms with Gasteiger partial charge in [-0.1, -0.05) is 71.4 Å². The molecule has 4 aromatic rings. The van der Waals surface area contributed by atoms with Gasteiger partial charge in [0.25, 0.3) is 5.91 Å². The minimum atomic E-state index is -0.822. The highest BCUT2D eigenvalue weighted by molar-refractivity contribution is 7.98. The Kier molecular flexibility index (Phi) is 7.00. The van der Waals surface area contributed by atoms with Crippen LogP contribution in [0.1, 0.15) is 24.1 Å². The summed E-state index contributed by atoms with van der Waals surface area (Å²) in [5, 5.41) is 12.4. The lowest BCUT2D eigenvalue weighted by atomic mass is 9.94. The molecule has 1 aliphatic rings. The first-order valence-electron chi connectivity index (χ1n) is 11.0. The van der Waals surface area contributed by atoms with E-state index in [0.717, 1.165) is 5.56 Å². The molecule has 1 aromatic heterocycles. The number of amides is 1. The van der Waals surface area contributed by atoms with Gasteiger partial charge in [0, 0.05) is 32.7 Å². The SMILES string of the molecule is CC1=C(C(=O)Nc2ccc(Cl)cc2)C(c2ccccc2F)n2nc(SCc3ccccc3Cl)nc2N1. The summed E-state index contributed by atoms with van der Waals surface area (Å²) in [6.07, 6.45) is 0. The molecule has 182 valence electrons.